The smallest absolute Gasteiger partial charge is 0.342 e. The number of aromatic nitrogens is 1. The Labute approximate surface area is 232 Å². The van der Waals surface area contributed by atoms with E-state index in [-0.39, 0.29) is 10.7 Å². The molecule has 2 aromatic carbocycles. The molecule has 0 aliphatic heterocycles. The highest BCUT2D eigenvalue weighted by molar-refractivity contribution is 6.35. The first-order chi connectivity index (χ1) is 18.1. The van der Waals surface area contributed by atoms with Crippen molar-refractivity contribution in [1.82, 2.24) is 10.3 Å². The normalized spacial score (nSPS) is 15.8. The highest BCUT2D eigenvalue weighted by Gasteiger charge is 2.47. The van der Waals surface area contributed by atoms with Gasteiger partial charge >= 0.3 is 12.4 Å². The van der Waals surface area contributed by atoms with E-state index in [0.717, 1.165) is 30.3 Å². The van der Waals surface area contributed by atoms with Crippen molar-refractivity contribution in [3.8, 4) is 0 Å². The molecule has 1 saturated carbocycles. The second-order valence-electron chi connectivity index (χ2n) is 8.89. The van der Waals surface area contributed by atoms with Crippen molar-refractivity contribution in [1.29, 1.82) is 0 Å². The van der Waals surface area contributed by atoms with Crippen LogP contribution in [-0.4, -0.2) is 17.1 Å². The van der Waals surface area contributed by atoms with Gasteiger partial charge < -0.3 is 5.32 Å². The largest absolute Gasteiger partial charge is 0.417 e. The minimum Gasteiger partial charge on any atom is -0.342 e. The maximum Gasteiger partial charge on any atom is 0.417 e. The standard InChI is InChI=1S/C26H16Cl3F7N2O/c27-19-10-14(11-20(28)22(19)30)17(25(31,32)33)5-2-13-1-4-16(18(9-13)26(34,35)36)23(39)38-24(7-8-24)15-3-6-21(29)37-12-15/h1-6,9-12,17H,7-8H2,(H,38,39)/b5-2+. The molecule has 1 N–H and O–H groups in total. The van der Waals surface area contributed by atoms with Crippen LogP contribution in [0.1, 0.15) is 51.4 Å². The number of amides is 1. The Balaban J connectivity index is 1.65. The Bertz CT molecular complexity index is 1410. The molecule has 0 bridgehead atoms. The van der Waals surface area contributed by atoms with Gasteiger partial charge in [-0.25, -0.2) is 9.37 Å². The van der Waals surface area contributed by atoms with Crippen LogP contribution in [0.3, 0.4) is 0 Å². The number of rotatable bonds is 6. The van der Waals surface area contributed by atoms with Crippen LogP contribution in [0.25, 0.3) is 6.08 Å². The van der Waals surface area contributed by atoms with Gasteiger partial charge in [0.05, 0.1) is 32.6 Å². The molecule has 0 saturated heterocycles. The minimum atomic E-state index is -4.99. The predicted octanol–water partition coefficient (Wildman–Crippen LogP) is 8.98. The Morgan fingerprint density at radius 1 is 0.974 bits per heavy atom. The third-order valence-corrected chi connectivity index (χ3v) is 6.95. The number of carbonyl (C=O) groups is 1. The quantitative estimate of drug-likeness (QED) is 0.172. The summed E-state index contributed by atoms with van der Waals surface area (Å²) in [4.78, 5) is 16.8. The molecule has 4 rings (SSSR count). The van der Waals surface area contributed by atoms with Gasteiger partial charge in [-0.2, -0.15) is 26.3 Å². The van der Waals surface area contributed by atoms with Crippen molar-refractivity contribution < 1.29 is 35.5 Å². The first kappa shape index (κ1) is 29.2. The zero-order chi connectivity index (χ0) is 28.8. The fraction of sp³-hybridized carbons (Fsp3) is 0.231. The number of nitrogens with zero attached hydrogens (tertiary/aromatic N) is 1. The van der Waals surface area contributed by atoms with Gasteiger partial charge in [-0.3, -0.25) is 4.79 Å². The van der Waals surface area contributed by atoms with E-state index in [1.54, 1.807) is 6.07 Å². The summed E-state index contributed by atoms with van der Waals surface area (Å²) in [6, 6.07) is 7.14. The number of alkyl halides is 6. The van der Waals surface area contributed by atoms with Gasteiger partial charge in [0.2, 0.25) is 0 Å². The monoisotopic (exact) mass is 610 g/mol. The molecule has 1 amide bonds. The van der Waals surface area contributed by atoms with E-state index in [2.05, 4.69) is 10.3 Å². The van der Waals surface area contributed by atoms with Crippen molar-refractivity contribution in [3.63, 3.8) is 0 Å². The molecule has 206 valence electrons. The maximum atomic E-state index is 13.9. The Kier molecular flexibility index (Phi) is 7.95. The fourth-order valence-electron chi connectivity index (χ4n) is 4.02. The van der Waals surface area contributed by atoms with Gasteiger partial charge in [0, 0.05) is 6.20 Å². The van der Waals surface area contributed by atoms with E-state index in [4.69, 9.17) is 34.8 Å². The summed E-state index contributed by atoms with van der Waals surface area (Å²) in [6.45, 7) is 0. The Morgan fingerprint density at radius 3 is 2.13 bits per heavy atom. The minimum absolute atomic E-state index is 0.210. The van der Waals surface area contributed by atoms with Gasteiger partial charge in [0.25, 0.3) is 5.91 Å². The Hall–Kier alpha value is -2.82. The van der Waals surface area contributed by atoms with Crippen molar-refractivity contribution >= 4 is 46.8 Å². The third-order valence-electron chi connectivity index (χ3n) is 6.18. The van der Waals surface area contributed by atoms with E-state index in [9.17, 15) is 35.5 Å². The maximum absolute atomic E-state index is 13.9. The average molecular weight is 612 g/mol. The van der Waals surface area contributed by atoms with Crippen LogP contribution in [0.4, 0.5) is 30.7 Å². The lowest BCUT2D eigenvalue weighted by Gasteiger charge is -2.20. The molecule has 0 radical (unpaired) electrons. The number of halogens is 10. The molecule has 1 aromatic heterocycles. The molecule has 0 spiro atoms. The predicted molar refractivity (Wildman–Crippen MR) is 133 cm³/mol. The van der Waals surface area contributed by atoms with Crippen LogP contribution in [0, 0.1) is 5.82 Å². The average Bonchev–Trinajstić information content (AvgIpc) is 3.61. The first-order valence-corrected chi connectivity index (χ1v) is 12.3. The number of carbonyl (C=O) groups excluding carboxylic acids is 1. The molecular formula is C26H16Cl3F7N2O. The summed E-state index contributed by atoms with van der Waals surface area (Å²) in [5, 5.41) is 1.54. The molecular weight excluding hydrogens is 596 g/mol. The summed E-state index contributed by atoms with van der Waals surface area (Å²) in [7, 11) is 0. The highest BCUT2D eigenvalue weighted by atomic mass is 35.5. The lowest BCUT2D eigenvalue weighted by atomic mass is 9.96. The van der Waals surface area contributed by atoms with Gasteiger partial charge in [0.1, 0.15) is 5.15 Å². The summed E-state index contributed by atoms with van der Waals surface area (Å²) in [6.07, 6.45) is -6.10. The molecule has 1 atom stereocenters. The zero-order valence-electron chi connectivity index (χ0n) is 19.4. The van der Waals surface area contributed by atoms with Gasteiger partial charge in [-0.1, -0.05) is 59.1 Å². The second kappa shape index (κ2) is 10.6. The van der Waals surface area contributed by atoms with Crippen LogP contribution >= 0.6 is 34.8 Å². The zero-order valence-corrected chi connectivity index (χ0v) is 21.7. The lowest BCUT2D eigenvalue weighted by molar-refractivity contribution is -0.139. The van der Waals surface area contributed by atoms with E-state index < -0.39 is 62.3 Å². The summed E-state index contributed by atoms with van der Waals surface area (Å²) in [5.74, 6) is -4.46. The molecule has 1 heterocycles. The van der Waals surface area contributed by atoms with Crippen LogP contribution < -0.4 is 5.32 Å². The number of hydrogen-bond acceptors (Lipinski definition) is 2. The van der Waals surface area contributed by atoms with Gasteiger partial charge in [-0.15, -0.1) is 0 Å². The van der Waals surface area contributed by atoms with Crippen LogP contribution in [-0.2, 0) is 11.7 Å². The van der Waals surface area contributed by atoms with E-state index >= 15 is 0 Å². The Morgan fingerprint density at radius 2 is 1.62 bits per heavy atom. The molecule has 1 aliphatic carbocycles. The summed E-state index contributed by atoms with van der Waals surface area (Å²) >= 11 is 17.0. The van der Waals surface area contributed by atoms with E-state index in [1.165, 1.54) is 12.3 Å². The van der Waals surface area contributed by atoms with Gasteiger partial charge in [-0.05, 0) is 59.9 Å². The van der Waals surface area contributed by atoms with Crippen LogP contribution in [0.5, 0.6) is 0 Å². The number of benzene rings is 2. The van der Waals surface area contributed by atoms with E-state index in [0.29, 0.717) is 30.5 Å². The van der Waals surface area contributed by atoms with Crippen LogP contribution in [0.2, 0.25) is 15.2 Å². The highest BCUT2D eigenvalue weighted by Crippen LogP contribution is 2.46. The number of hydrogen-bond donors (Lipinski definition) is 1. The van der Waals surface area contributed by atoms with E-state index in [1.807, 2.05) is 0 Å². The topological polar surface area (TPSA) is 42.0 Å². The molecule has 3 nitrogen and oxygen atoms in total. The fourth-order valence-corrected chi connectivity index (χ4v) is 4.64. The third kappa shape index (κ3) is 6.50. The summed E-state index contributed by atoms with van der Waals surface area (Å²) < 4.78 is 96.7. The number of allylic oxidation sites excluding steroid dienone is 1. The summed E-state index contributed by atoms with van der Waals surface area (Å²) in [5.41, 5.74) is -3.11. The van der Waals surface area contributed by atoms with Crippen molar-refractivity contribution in [2.75, 3.05) is 0 Å². The molecule has 1 unspecified atom stereocenters. The first-order valence-electron chi connectivity index (χ1n) is 11.2. The van der Waals surface area contributed by atoms with Crippen molar-refractivity contribution in [2.45, 2.75) is 36.7 Å². The lowest BCUT2D eigenvalue weighted by Crippen LogP contribution is -2.36. The van der Waals surface area contributed by atoms with Crippen molar-refractivity contribution in [2.24, 2.45) is 0 Å². The molecule has 1 fully saturated rings. The second-order valence-corrected chi connectivity index (χ2v) is 10.1. The molecule has 39 heavy (non-hydrogen) atoms. The SMILES string of the molecule is O=C(NC1(c2ccc(Cl)nc2)CC1)c1ccc(/C=C/C(c2cc(Cl)c(F)c(Cl)c2)C(F)(F)F)cc1C(F)(F)F. The molecule has 1 aliphatic rings. The number of pyridine rings is 1. The molecule has 3 aromatic rings. The van der Waals surface area contributed by atoms with Crippen molar-refractivity contribution in [3.05, 3.63) is 104 Å². The van der Waals surface area contributed by atoms with Gasteiger partial charge in [0.15, 0.2) is 5.82 Å². The molecule has 13 heteroatoms. The van der Waals surface area contributed by atoms with Crippen LogP contribution in [0.15, 0.2) is 54.7 Å². The number of nitrogens with one attached hydrogen (secondary N) is 1.